The number of carbonyl (C=O) groups excluding carboxylic acids is 1. The Labute approximate surface area is 161 Å². The van der Waals surface area contributed by atoms with E-state index in [9.17, 15) is 14.4 Å². The summed E-state index contributed by atoms with van der Waals surface area (Å²) in [6.45, 7) is 2.48. The van der Waals surface area contributed by atoms with Gasteiger partial charge in [0.1, 0.15) is 5.82 Å². The molecule has 2 aliphatic rings. The summed E-state index contributed by atoms with van der Waals surface area (Å²) in [7, 11) is 0. The second-order valence-electron chi connectivity index (χ2n) is 6.75. The molecular weight excluding hydrogens is 361 g/mol. The summed E-state index contributed by atoms with van der Waals surface area (Å²) in [6, 6.07) is 16.5. The Bertz CT molecular complexity index is 964. The summed E-state index contributed by atoms with van der Waals surface area (Å²) in [4.78, 5) is 16.7. The van der Waals surface area contributed by atoms with Crippen LogP contribution in [0.3, 0.4) is 0 Å². The summed E-state index contributed by atoms with van der Waals surface area (Å²) in [5.41, 5.74) is 3.62. The third-order valence-electron chi connectivity index (χ3n) is 4.93. The molecule has 1 atom stereocenters. The SMILES string of the molecule is Cc1cccc(N2CSC3=C(C#N)[C@@H](c4ccc(F)cc4)CC(=O)N3C2)c1. The first-order chi connectivity index (χ1) is 13.1. The van der Waals surface area contributed by atoms with Crippen molar-refractivity contribution in [2.24, 2.45) is 0 Å². The number of thioether (sulfide) groups is 1. The molecule has 4 rings (SSSR count). The van der Waals surface area contributed by atoms with Crippen LogP contribution in [0.25, 0.3) is 0 Å². The minimum atomic E-state index is -0.325. The molecule has 0 unspecified atom stereocenters. The molecule has 2 aliphatic heterocycles. The van der Waals surface area contributed by atoms with Gasteiger partial charge in [0, 0.05) is 18.0 Å². The van der Waals surface area contributed by atoms with Gasteiger partial charge in [-0.1, -0.05) is 36.0 Å². The van der Waals surface area contributed by atoms with E-state index in [2.05, 4.69) is 17.0 Å². The van der Waals surface area contributed by atoms with Crippen molar-refractivity contribution in [2.75, 3.05) is 17.4 Å². The van der Waals surface area contributed by atoms with Gasteiger partial charge in [0.05, 0.1) is 29.2 Å². The Morgan fingerprint density at radius 1 is 1.22 bits per heavy atom. The van der Waals surface area contributed by atoms with Gasteiger partial charge < -0.3 is 4.90 Å². The maximum Gasteiger partial charge on any atom is 0.229 e. The van der Waals surface area contributed by atoms with Crippen molar-refractivity contribution in [3.05, 3.63) is 76.1 Å². The van der Waals surface area contributed by atoms with Crippen LogP contribution in [-0.2, 0) is 4.79 Å². The Kier molecular flexibility index (Phi) is 4.63. The first-order valence-electron chi connectivity index (χ1n) is 8.71. The van der Waals surface area contributed by atoms with E-state index in [1.165, 1.54) is 23.9 Å². The third-order valence-corrected chi connectivity index (χ3v) is 6.09. The topological polar surface area (TPSA) is 47.3 Å². The van der Waals surface area contributed by atoms with Gasteiger partial charge in [-0.05, 0) is 42.3 Å². The highest BCUT2D eigenvalue weighted by Gasteiger charge is 2.38. The largest absolute Gasteiger partial charge is 0.344 e. The van der Waals surface area contributed by atoms with Gasteiger partial charge in [-0.3, -0.25) is 9.69 Å². The van der Waals surface area contributed by atoms with Crippen molar-refractivity contribution in [2.45, 2.75) is 19.3 Å². The Morgan fingerprint density at radius 2 is 2.00 bits per heavy atom. The van der Waals surface area contributed by atoms with Crippen molar-refractivity contribution in [1.29, 1.82) is 5.26 Å². The molecule has 0 aromatic heterocycles. The fourth-order valence-electron chi connectivity index (χ4n) is 3.53. The highest BCUT2D eigenvalue weighted by atomic mass is 32.2. The second-order valence-corrected chi connectivity index (χ2v) is 7.69. The molecule has 0 bridgehead atoms. The fourth-order valence-corrected chi connectivity index (χ4v) is 4.70. The van der Waals surface area contributed by atoms with Gasteiger partial charge in [0.15, 0.2) is 0 Å². The van der Waals surface area contributed by atoms with E-state index in [1.54, 1.807) is 17.0 Å². The molecule has 1 saturated heterocycles. The normalized spacial score (nSPS) is 19.7. The molecule has 0 saturated carbocycles. The first kappa shape index (κ1) is 17.6. The number of rotatable bonds is 2. The minimum absolute atomic E-state index is 0.0109. The summed E-state index contributed by atoms with van der Waals surface area (Å²) >= 11 is 1.51. The Balaban J connectivity index is 1.66. The molecule has 0 aliphatic carbocycles. The summed E-state index contributed by atoms with van der Waals surface area (Å²) in [5.74, 6) is 0.0224. The average Bonchev–Trinajstić information content (AvgIpc) is 2.68. The maximum absolute atomic E-state index is 13.2. The van der Waals surface area contributed by atoms with E-state index < -0.39 is 0 Å². The lowest BCUT2D eigenvalue weighted by Gasteiger charge is -2.42. The van der Waals surface area contributed by atoms with Crippen LogP contribution in [0.1, 0.15) is 23.5 Å². The van der Waals surface area contributed by atoms with Gasteiger partial charge in [-0.2, -0.15) is 5.26 Å². The van der Waals surface area contributed by atoms with Crippen LogP contribution in [0, 0.1) is 24.1 Å². The molecule has 2 heterocycles. The molecule has 0 N–H and O–H groups in total. The quantitative estimate of drug-likeness (QED) is 0.778. The smallest absolute Gasteiger partial charge is 0.229 e. The number of amides is 1. The van der Waals surface area contributed by atoms with E-state index in [1.807, 2.05) is 25.1 Å². The lowest BCUT2D eigenvalue weighted by molar-refractivity contribution is -0.129. The summed E-state index contributed by atoms with van der Waals surface area (Å²) in [5, 5.41) is 10.5. The molecule has 1 amide bonds. The number of fused-ring (bicyclic) bond motifs is 1. The van der Waals surface area contributed by atoms with E-state index in [0.29, 0.717) is 18.1 Å². The van der Waals surface area contributed by atoms with Crippen LogP contribution >= 0.6 is 11.8 Å². The summed E-state index contributed by atoms with van der Waals surface area (Å²) in [6.07, 6.45) is 0.222. The molecule has 2 aromatic carbocycles. The highest BCUT2D eigenvalue weighted by molar-refractivity contribution is 8.03. The molecule has 1 fully saturated rings. The number of nitriles is 1. The van der Waals surface area contributed by atoms with Crippen molar-refractivity contribution in [3.63, 3.8) is 0 Å². The number of aryl methyl sites for hydroxylation is 1. The number of allylic oxidation sites excluding steroid dienone is 1. The Hall–Kier alpha value is -2.78. The molecule has 0 radical (unpaired) electrons. The molecule has 136 valence electrons. The number of nitrogens with zero attached hydrogens (tertiary/aromatic N) is 3. The van der Waals surface area contributed by atoms with Crippen LogP contribution in [0.4, 0.5) is 10.1 Å². The van der Waals surface area contributed by atoms with E-state index in [0.717, 1.165) is 21.8 Å². The van der Waals surface area contributed by atoms with Gasteiger partial charge in [0.2, 0.25) is 5.91 Å². The lowest BCUT2D eigenvalue weighted by atomic mass is 9.86. The van der Waals surface area contributed by atoms with Crippen molar-refractivity contribution < 1.29 is 9.18 Å². The van der Waals surface area contributed by atoms with Gasteiger partial charge in [-0.15, -0.1) is 0 Å². The molecule has 4 nitrogen and oxygen atoms in total. The molecule has 6 heteroatoms. The number of hydrogen-bond donors (Lipinski definition) is 0. The second kappa shape index (κ2) is 7.09. The van der Waals surface area contributed by atoms with Crippen molar-refractivity contribution in [3.8, 4) is 6.07 Å². The monoisotopic (exact) mass is 379 g/mol. The number of benzene rings is 2. The van der Waals surface area contributed by atoms with Gasteiger partial charge in [-0.25, -0.2) is 4.39 Å². The molecule has 0 spiro atoms. The van der Waals surface area contributed by atoms with E-state index >= 15 is 0 Å². The highest BCUT2D eigenvalue weighted by Crippen LogP contribution is 2.43. The third kappa shape index (κ3) is 3.31. The van der Waals surface area contributed by atoms with Crippen LogP contribution < -0.4 is 4.90 Å². The summed E-state index contributed by atoms with van der Waals surface area (Å²) < 4.78 is 13.2. The first-order valence-corrected chi connectivity index (χ1v) is 9.70. The van der Waals surface area contributed by atoms with Crippen LogP contribution in [0.2, 0.25) is 0 Å². The Morgan fingerprint density at radius 3 is 2.70 bits per heavy atom. The predicted octanol–water partition coefficient (Wildman–Crippen LogP) is 4.35. The van der Waals surface area contributed by atoms with Crippen LogP contribution in [0.15, 0.2) is 59.1 Å². The number of carbonyl (C=O) groups is 1. The lowest BCUT2D eigenvalue weighted by Crippen LogP contribution is -2.47. The fraction of sp³-hybridized carbons (Fsp3) is 0.238. The predicted molar refractivity (Wildman–Crippen MR) is 104 cm³/mol. The maximum atomic E-state index is 13.2. The number of hydrogen-bond acceptors (Lipinski definition) is 4. The molecular formula is C21H18FN3OS. The number of halogens is 1. The zero-order valence-corrected chi connectivity index (χ0v) is 15.7. The minimum Gasteiger partial charge on any atom is -0.344 e. The van der Waals surface area contributed by atoms with Gasteiger partial charge in [0.25, 0.3) is 0 Å². The molecule has 2 aromatic rings. The van der Waals surface area contributed by atoms with Crippen molar-refractivity contribution in [1.82, 2.24) is 4.90 Å². The molecule has 27 heavy (non-hydrogen) atoms. The van der Waals surface area contributed by atoms with Crippen LogP contribution in [0.5, 0.6) is 0 Å². The zero-order valence-electron chi connectivity index (χ0n) is 14.9. The average molecular weight is 379 g/mol. The van der Waals surface area contributed by atoms with Gasteiger partial charge >= 0.3 is 0 Å². The number of anilines is 1. The van der Waals surface area contributed by atoms with E-state index in [-0.39, 0.29) is 24.1 Å². The van der Waals surface area contributed by atoms with E-state index in [4.69, 9.17) is 0 Å². The van der Waals surface area contributed by atoms with Crippen molar-refractivity contribution >= 4 is 23.4 Å². The standard InChI is InChI=1S/C21H18FN3OS/c1-14-3-2-4-17(9-14)24-12-25-20(26)10-18(15-5-7-16(22)8-6-15)19(11-23)21(25)27-13-24/h2-9,18H,10,12-13H2,1H3/t18-/m1/s1. The van der Waals surface area contributed by atoms with Crippen LogP contribution in [-0.4, -0.2) is 23.4 Å². The zero-order chi connectivity index (χ0) is 19.0.